The van der Waals surface area contributed by atoms with E-state index in [1.54, 1.807) is 24.7 Å². The summed E-state index contributed by atoms with van der Waals surface area (Å²) in [6.45, 7) is 2.32. The molecule has 1 amide bonds. The average molecular weight is 465 g/mol. The second kappa shape index (κ2) is 10.9. The van der Waals surface area contributed by atoms with Crippen molar-refractivity contribution in [1.82, 2.24) is 19.8 Å². The van der Waals surface area contributed by atoms with Gasteiger partial charge in [-0.1, -0.05) is 66.7 Å². The van der Waals surface area contributed by atoms with Crippen molar-refractivity contribution in [3.63, 3.8) is 0 Å². The van der Waals surface area contributed by atoms with Crippen molar-refractivity contribution in [3.05, 3.63) is 126 Å². The van der Waals surface area contributed by atoms with Gasteiger partial charge in [-0.2, -0.15) is 0 Å². The monoisotopic (exact) mass is 464 g/mol. The van der Waals surface area contributed by atoms with Gasteiger partial charge in [0.1, 0.15) is 6.61 Å². The largest absolute Gasteiger partial charge is 0.476 e. The zero-order chi connectivity index (χ0) is 23.9. The zero-order valence-corrected chi connectivity index (χ0v) is 19.5. The van der Waals surface area contributed by atoms with Crippen LogP contribution >= 0.6 is 0 Å². The van der Waals surface area contributed by atoms with Crippen molar-refractivity contribution < 1.29 is 9.53 Å². The number of carbonyl (C=O) groups excluding carboxylic acids is 1. The Morgan fingerprint density at radius 2 is 1.57 bits per heavy atom. The van der Waals surface area contributed by atoms with E-state index in [1.165, 1.54) is 11.1 Å². The lowest BCUT2D eigenvalue weighted by Gasteiger charge is -2.45. The highest BCUT2D eigenvalue weighted by Gasteiger charge is 2.36. The zero-order valence-electron chi connectivity index (χ0n) is 19.5. The number of ether oxygens (including phenoxy) is 1. The number of amides is 1. The second-order valence-corrected chi connectivity index (χ2v) is 8.59. The summed E-state index contributed by atoms with van der Waals surface area (Å²) >= 11 is 0. The molecule has 0 spiro atoms. The molecule has 3 heterocycles. The molecule has 0 N–H and O–H groups in total. The maximum Gasteiger partial charge on any atom is 0.255 e. The topological polar surface area (TPSA) is 58.6 Å². The van der Waals surface area contributed by atoms with Crippen molar-refractivity contribution >= 4 is 5.91 Å². The van der Waals surface area contributed by atoms with E-state index in [0.29, 0.717) is 31.1 Å². The molecule has 1 saturated heterocycles. The van der Waals surface area contributed by atoms with Gasteiger partial charge >= 0.3 is 0 Å². The smallest absolute Gasteiger partial charge is 0.255 e. The molecule has 1 unspecified atom stereocenters. The van der Waals surface area contributed by atoms with Crippen LogP contribution in [0.25, 0.3) is 0 Å². The predicted molar refractivity (Wildman–Crippen MR) is 135 cm³/mol. The number of rotatable bonds is 7. The van der Waals surface area contributed by atoms with Gasteiger partial charge in [0.25, 0.3) is 5.91 Å². The van der Waals surface area contributed by atoms with E-state index in [-0.39, 0.29) is 18.0 Å². The molecule has 0 aliphatic carbocycles. The molecule has 1 atom stereocenters. The minimum Gasteiger partial charge on any atom is -0.476 e. The quantitative estimate of drug-likeness (QED) is 0.404. The van der Waals surface area contributed by atoms with Crippen molar-refractivity contribution in [2.45, 2.75) is 12.1 Å². The van der Waals surface area contributed by atoms with E-state index in [1.807, 2.05) is 41.3 Å². The molecule has 5 rings (SSSR count). The number of hydrogen-bond acceptors (Lipinski definition) is 5. The number of piperazine rings is 1. The summed E-state index contributed by atoms with van der Waals surface area (Å²) in [5.74, 6) is 0.579. The van der Waals surface area contributed by atoms with Crippen LogP contribution in [-0.2, 0) is 0 Å². The second-order valence-electron chi connectivity index (χ2n) is 8.59. The minimum absolute atomic E-state index is 0.00319. The molecule has 176 valence electrons. The summed E-state index contributed by atoms with van der Waals surface area (Å²) < 4.78 is 6.13. The maximum absolute atomic E-state index is 13.3. The van der Waals surface area contributed by atoms with Crippen molar-refractivity contribution in [1.29, 1.82) is 0 Å². The molecule has 35 heavy (non-hydrogen) atoms. The highest BCUT2D eigenvalue weighted by molar-refractivity contribution is 5.94. The standard InChI is InChI=1S/C29H28N4O2/c34-29(25-14-9-16-30-20-25)32-18-19-33(26(21-32)22-35-27-15-7-8-17-31-27)28(23-10-3-1-4-11-23)24-12-5-2-6-13-24/h1-17,20,26,28H,18-19,21-22H2. The van der Waals surface area contributed by atoms with Crippen LogP contribution in [0.5, 0.6) is 5.88 Å². The first-order valence-electron chi connectivity index (χ1n) is 11.9. The lowest BCUT2D eigenvalue weighted by atomic mass is 9.94. The molecule has 2 aromatic carbocycles. The number of nitrogens with zero attached hydrogens (tertiary/aromatic N) is 4. The molecule has 6 nitrogen and oxygen atoms in total. The lowest BCUT2D eigenvalue weighted by molar-refractivity contribution is 0.0230. The number of hydrogen-bond donors (Lipinski definition) is 0. The van der Waals surface area contributed by atoms with E-state index in [0.717, 1.165) is 6.54 Å². The van der Waals surface area contributed by atoms with Crippen LogP contribution < -0.4 is 4.74 Å². The summed E-state index contributed by atoms with van der Waals surface area (Å²) in [6, 6.07) is 30.3. The van der Waals surface area contributed by atoms with Crippen LogP contribution in [0.4, 0.5) is 0 Å². The molecule has 1 aliphatic rings. The van der Waals surface area contributed by atoms with Gasteiger partial charge in [0.2, 0.25) is 5.88 Å². The molecular formula is C29H28N4O2. The first kappa shape index (κ1) is 22.7. The molecule has 4 aromatic rings. The van der Waals surface area contributed by atoms with Crippen molar-refractivity contribution in [2.75, 3.05) is 26.2 Å². The fourth-order valence-electron chi connectivity index (χ4n) is 4.67. The Morgan fingerprint density at radius 1 is 0.857 bits per heavy atom. The van der Waals surface area contributed by atoms with E-state index >= 15 is 0 Å². The predicted octanol–water partition coefficient (Wildman–Crippen LogP) is 4.47. The van der Waals surface area contributed by atoms with E-state index in [9.17, 15) is 4.79 Å². The van der Waals surface area contributed by atoms with Crippen LogP contribution in [0, 0.1) is 0 Å². The van der Waals surface area contributed by atoms with Gasteiger partial charge in [-0.15, -0.1) is 0 Å². The van der Waals surface area contributed by atoms with Crippen LogP contribution in [0.1, 0.15) is 27.5 Å². The van der Waals surface area contributed by atoms with E-state index in [2.05, 4.69) is 63.4 Å². The maximum atomic E-state index is 13.3. The van der Waals surface area contributed by atoms with E-state index in [4.69, 9.17) is 4.74 Å². The summed E-state index contributed by atoms with van der Waals surface area (Å²) in [4.78, 5) is 26.1. The minimum atomic E-state index is -0.0308. The average Bonchev–Trinajstić information content (AvgIpc) is 2.94. The summed E-state index contributed by atoms with van der Waals surface area (Å²) in [5, 5.41) is 0. The number of aromatic nitrogens is 2. The Morgan fingerprint density at radius 3 is 2.20 bits per heavy atom. The highest BCUT2D eigenvalue weighted by Crippen LogP contribution is 2.32. The molecule has 0 saturated carbocycles. The Hall–Kier alpha value is -4.03. The van der Waals surface area contributed by atoms with Gasteiger partial charge in [0.05, 0.1) is 17.6 Å². The van der Waals surface area contributed by atoms with Gasteiger partial charge in [0.15, 0.2) is 0 Å². The number of carbonyl (C=O) groups is 1. The van der Waals surface area contributed by atoms with Crippen molar-refractivity contribution in [2.24, 2.45) is 0 Å². The fraction of sp³-hybridized carbons (Fsp3) is 0.207. The molecular weight excluding hydrogens is 436 g/mol. The molecule has 0 radical (unpaired) electrons. The Kier molecular flexibility index (Phi) is 7.10. The van der Waals surface area contributed by atoms with Crippen LogP contribution in [-0.4, -0.2) is 58.0 Å². The first-order valence-corrected chi connectivity index (χ1v) is 11.9. The summed E-state index contributed by atoms with van der Waals surface area (Å²) in [5.41, 5.74) is 3.04. The lowest BCUT2D eigenvalue weighted by Crippen LogP contribution is -2.57. The third-order valence-corrected chi connectivity index (χ3v) is 6.35. The Balaban J connectivity index is 1.45. The Labute approximate surface area is 205 Å². The van der Waals surface area contributed by atoms with Crippen molar-refractivity contribution in [3.8, 4) is 5.88 Å². The van der Waals surface area contributed by atoms with Crippen LogP contribution in [0.2, 0.25) is 0 Å². The van der Waals surface area contributed by atoms with Crippen LogP contribution in [0.3, 0.4) is 0 Å². The van der Waals surface area contributed by atoms with E-state index < -0.39 is 0 Å². The third kappa shape index (κ3) is 5.39. The molecule has 0 bridgehead atoms. The van der Waals surface area contributed by atoms with Gasteiger partial charge < -0.3 is 9.64 Å². The molecule has 6 heteroatoms. The SMILES string of the molecule is O=C(c1cccnc1)N1CCN(C(c2ccccc2)c2ccccc2)C(COc2ccccn2)C1. The highest BCUT2D eigenvalue weighted by atomic mass is 16.5. The number of benzene rings is 2. The van der Waals surface area contributed by atoms with Gasteiger partial charge in [0, 0.05) is 44.3 Å². The molecule has 2 aromatic heterocycles. The Bertz CT molecular complexity index is 1170. The van der Waals surface area contributed by atoms with Gasteiger partial charge in [-0.3, -0.25) is 14.7 Å². The molecule has 1 aliphatic heterocycles. The number of pyridine rings is 2. The normalized spacial score (nSPS) is 16.3. The summed E-state index contributed by atoms with van der Waals surface area (Å²) in [6.07, 6.45) is 5.04. The fourth-order valence-corrected chi connectivity index (χ4v) is 4.67. The third-order valence-electron chi connectivity index (χ3n) is 6.35. The van der Waals surface area contributed by atoms with Gasteiger partial charge in [-0.05, 0) is 29.3 Å². The van der Waals surface area contributed by atoms with Gasteiger partial charge in [-0.25, -0.2) is 4.98 Å². The molecule has 1 fully saturated rings. The summed E-state index contributed by atoms with van der Waals surface area (Å²) in [7, 11) is 0. The van der Waals surface area contributed by atoms with Crippen LogP contribution in [0.15, 0.2) is 110 Å². The first-order chi connectivity index (χ1) is 17.3.